The highest BCUT2D eigenvalue weighted by atomic mass is 35.5. The van der Waals surface area contributed by atoms with Crippen molar-refractivity contribution < 1.29 is 9.21 Å². The Labute approximate surface area is 164 Å². The first-order chi connectivity index (χ1) is 12.8. The predicted molar refractivity (Wildman–Crippen MR) is 109 cm³/mol. The highest BCUT2D eigenvalue weighted by molar-refractivity contribution is 6.30. The van der Waals surface area contributed by atoms with Crippen LogP contribution in [0.15, 0.2) is 71.3 Å². The fourth-order valence-electron chi connectivity index (χ4n) is 4.47. The zero-order valence-electron chi connectivity index (χ0n) is 15.7. The van der Waals surface area contributed by atoms with Crippen molar-refractivity contribution in [2.45, 2.75) is 38.1 Å². The molecule has 0 fully saturated rings. The van der Waals surface area contributed by atoms with Crippen molar-refractivity contribution in [1.82, 2.24) is 0 Å². The van der Waals surface area contributed by atoms with Crippen LogP contribution < -0.4 is 4.90 Å². The van der Waals surface area contributed by atoms with Crippen LogP contribution in [0.3, 0.4) is 0 Å². The Hall–Kier alpha value is -2.52. The van der Waals surface area contributed by atoms with Gasteiger partial charge in [-0.1, -0.05) is 48.9 Å². The monoisotopic (exact) mass is 379 g/mol. The van der Waals surface area contributed by atoms with Crippen molar-refractivity contribution in [3.63, 3.8) is 0 Å². The summed E-state index contributed by atoms with van der Waals surface area (Å²) in [5.74, 6) is 0.239. The van der Waals surface area contributed by atoms with Crippen LogP contribution in [-0.2, 0) is 5.41 Å². The van der Waals surface area contributed by atoms with E-state index in [2.05, 4.69) is 39.0 Å². The first kappa shape index (κ1) is 17.9. The summed E-state index contributed by atoms with van der Waals surface area (Å²) >= 11 is 6.11. The van der Waals surface area contributed by atoms with E-state index in [1.807, 2.05) is 35.2 Å². The summed E-state index contributed by atoms with van der Waals surface area (Å²) in [4.78, 5) is 15.1. The average molecular weight is 380 g/mol. The quantitative estimate of drug-likeness (QED) is 0.541. The molecule has 0 saturated carbocycles. The number of nitrogens with zero attached hydrogens (tertiary/aromatic N) is 1. The fourth-order valence-corrected chi connectivity index (χ4v) is 4.60. The Morgan fingerprint density at radius 3 is 2.37 bits per heavy atom. The van der Waals surface area contributed by atoms with Crippen LogP contribution in [0.5, 0.6) is 0 Å². The summed E-state index contributed by atoms with van der Waals surface area (Å²) in [6, 6.07) is 19.6. The molecule has 0 saturated heterocycles. The molecular weight excluding hydrogens is 358 g/mol. The van der Waals surface area contributed by atoms with Crippen molar-refractivity contribution in [2.75, 3.05) is 4.90 Å². The van der Waals surface area contributed by atoms with Crippen molar-refractivity contribution >= 4 is 23.2 Å². The van der Waals surface area contributed by atoms with E-state index >= 15 is 0 Å². The normalized spacial score (nSPS) is 21.0. The number of para-hydroxylation sites is 1. The lowest BCUT2D eigenvalue weighted by atomic mass is 9.65. The predicted octanol–water partition coefficient (Wildman–Crippen LogP) is 6.07. The van der Waals surface area contributed by atoms with E-state index in [-0.39, 0.29) is 11.3 Å². The second-order valence-corrected chi connectivity index (χ2v) is 8.40. The number of rotatable bonds is 2. The number of furan rings is 1. The summed E-state index contributed by atoms with van der Waals surface area (Å²) in [6.07, 6.45) is 2.32. The number of anilines is 1. The number of halogens is 1. The lowest BCUT2D eigenvalue weighted by Gasteiger charge is -2.51. The molecule has 0 N–H and O–H groups in total. The molecule has 138 valence electrons. The molecule has 1 unspecified atom stereocenters. The summed E-state index contributed by atoms with van der Waals surface area (Å²) in [5.41, 5.74) is 2.62. The third-order valence-corrected chi connectivity index (χ3v) is 5.80. The number of amides is 1. The van der Waals surface area contributed by atoms with Gasteiger partial charge in [0.15, 0.2) is 5.76 Å². The molecule has 2 heterocycles. The van der Waals surface area contributed by atoms with Gasteiger partial charge in [0.2, 0.25) is 0 Å². The van der Waals surface area contributed by atoms with Crippen LogP contribution >= 0.6 is 11.6 Å². The number of carbonyl (C=O) groups is 1. The fraction of sp³-hybridized carbons (Fsp3) is 0.261. The first-order valence-electron chi connectivity index (χ1n) is 9.06. The minimum atomic E-state index is -0.396. The maximum atomic E-state index is 13.2. The molecule has 1 amide bonds. The minimum Gasteiger partial charge on any atom is -0.459 e. The Morgan fingerprint density at radius 2 is 1.70 bits per heavy atom. The Bertz CT molecular complexity index is 976. The standard InChI is InChI=1S/C23H22ClNO2/c1-22(2)15-23(3,16-10-12-17(24)13-11-16)18-7-4-5-8-19(18)25(22)21(26)20-9-6-14-27-20/h4-14H,15H2,1-3H3. The number of hydrogen-bond donors (Lipinski definition) is 0. The first-order valence-corrected chi connectivity index (χ1v) is 9.44. The molecule has 0 aliphatic carbocycles. The zero-order valence-corrected chi connectivity index (χ0v) is 16.5. The van der Waals surface area contributed by atoms with Gasteiger partial charge in [0.25, 0.3) is 5.91 Å². The van der Waals surface area contributed by atoms with Gasteiger partial charge < -0.3 is 4.42 Å². The lowest BCUT2D eigenvalue weighted by molar-refractivity contribution is 0.0921. The molecule has 27 heavy (non-hydrogen) atoms. The highest BCUT2D eigenvalue weighted by Crippen LogP contribution is 2.50. The van der Waals surface area contributed by atoms with Gasteiger partial charge >= 0.3 is 0 Å². The van der Waals surface area contributed by atoms with Crippen molar-refractivity contribution in [1.29, 1.82) is 0 Å². The van der Waals surface area contributed by atoms with Gasteiger partial charge in [-0.15, -0.1) is 0 Å². The van der Waals surface area contributed by atoms with E-state index in [4.69, 9.17) is 16.0 Å². The largest absolute Gasteiger partial charge is 0.459 e. The highest BCUT2D eigenvalue weighted by Gasteiger charge is 2.48. The Balaban J connectivity index is 1.90. The van der Waals surface area contributed by atoms with Crippen molar-refractivity contribution in [3.8, 4) is 0 Å². The van der Waals surface area contributed by atoms with E-state index in [9.17, 15) is 4.79 Å². The molecule has 3 nitrogen and oxygen atoms in total. The molecule has 0 spiro atoms. The van der Waals surface area contributed by atoms with Gasteiger partial charge in [-0.25, -0.2) is 0 Å². The summed E-state index contributed by atoms with van der Waals surface area (Å²) in [6.45, 7) is 6.46. The smallest absolute Gasteiger partial charge is 0.294 e. The van der Waals surface area contributed by atoms with Gasteiger partial charge in [-0.3, -0.25) is 9.69 Å². The third kappa shape index (κ3) is 2.87. The van der Waals surface area contributed by atoms with Crippen LogP contribution in [0.25, 0.3) is 0 Å². The molecule has 1 aliphatic rings. The molecule has 3 aromatic rings. The number of fused-ring (bicyclic) bond motifs is 1. The third-order valence-electron chi connectivity index (χ3n) is 5.55. The lowest BCUT2D eigenvalue weighted by Crippen LogP contribution is -2.55. The molecule has 0 bridgehead atoms. The van der Waals surface area contributed by atoms with E-state index in [1.165, 1.54) is 11.8 Å². The summed E-state index contributed by atoms with van der Waals surface area (Å²) in [7, 11) is 0. The molecule has 1 aliphatic heterocycles. The topological polar surface area (TPSA) is 33.5 Å². The molecule has 0 radical (unpaired) electrons. The maximum absolute atomic E-state index is 13.2. The second kappa shape index (κ2) is 6.28. The SMILES string of the molecule is CC1(c2ccc(Cl)cc2)CC(C)(C)N(C(=O)c2ccco2)c2ccccc21. The number of carbonyl (C=O) groups excluding carboxylic acids is 1. The van der Waals surface area contributed by atoms with E-state index < -0.39 is 5.54 Å². The molecule has 1 atom stereocenters. The van der Waals surface area contributed by atoms with E-state index in [0.29, 0.717) is 5.76 Å². The average Bonchev–Trinajstić information content (AvgIpc) is 3.16. The minimum absolute atomic E-state index is 0.115. The van der Waals surface area contributed by atoms with Gasteiger partial charge in [-0.2, -0.15) is 0 Å². The molecule has 4 rings (SSSR count). The molecule has 2 aromatic carbocycles. The Morgan fingerprint density at radius 1 is 1.00 bits per heavy atom. The Kier molecular flexibility index (Phi) is 4.15. The van der Waals surface area contributed by atoms with Crippen LogP contribution in [0.4, 0.5) is 5.69 Å². The zero-order chi connectivity index (χ0) is 19.2. The van der Waals surface area contributed by atoms with Gasteiger partial charge in [0.05, 0.1) is 6.26 Å². The van der Waals surface area contributed by atoms with Crippen molar-refractivity contribution in [3.05, 3.63) is 88.8 Å². The van der Waals surface area contributed by atoms with Gasteiger partial charge in [-0.05, 0) is 61.7 Å². The summed E-state index contributed by atoms with van der Waals surface area (Å²) < 4.78 is 5.40. The summed E-state index contributed by atoms with van der Waals surface area (Å²) in [5, 5.41) is 0.723. The van der Waals surface area contributed by atoms with Crippen LogP contribution in [0.2, 0.25) is 5.02 Å². The van der Waals surface area contributed by atoms with E-state index in [0.717, 1.165) is 22.7 Å². The van der Waals surface area contributed by atoms with Crippen LogP contribution in [0.1, 0.15) is 48.9 Å². The number of benzene rings is 2. The number of hydrogen-bond acceptors (Lipinski definition) is 2. The van der Waals surface area contributed by atoms with Gasteiger partial charge in [0.1, 0.15) is 0 Å². The maximum Gasteiger partial charge on any atom is 0.294 e. The van der Waals surface area contributed by atoms with E-state index in [1.54, 1.807) is 12.1 Å². The molecule has 4 heteroatoms. The van der Waals surface area contributed by atoms with Crippen LogP contribution in [0, 0.1) is 0 Å². The molecule has 1 aromatic heterocycles. The van der Waals surface area contributed by atoms with Gasteiger partial charge in [0, 0.05) is 21.7 Å². The molecular formula is C23H22ClNO2. The van der Waals surface area contributed by atoms with Crippen molar-refractivity contribution in [2.24, 2.45) is 0 Å². The second-order valence-electron chi connectivity index (χ2n) is 7.96. The van der Waals surface area contributed by atoms with Crippen LogP contribution in [-0.4, -0.2) is 11.4 Å².